The van der Waals surface area contributed by atoms with Crippen LogP contribution < -0.4 is 4.74 Å². The first-order chi connectivity index (χ1) is 9.97. The summed E-state index contributed by atoms with van der Waals surface area (Å²) in [6, 6.07) is 10.6. The van der Waals surface area contributed by atoms with Crippen molar-refractivity contribution in [3.05, 3.63) is 65.2 Å². The Bertz CT molecular complexity index is 591. The third-order valence-corrected chi connectivity index (χ3v) is 3.07. The monoisotopic (exact) mass is 292 g/mol. The molecule has 0 bridgehead atoms. The van der Waals surface area contributed by atoms with Gasteiger partial charge in [0, 0.05) is 12.0 Å². The topological polar surface area (TPSA) is 29.5 Å². The Hall–Kier alpha value is -1.94. The van der Waals surface area contributed by atoms with Crippen LogP contribution in [0.3, 0.4) is 0 Å². The van der Waals surface area contributed by atoms with Crippen LogP contribution in [0, 0.1) is 11.6 Å². The van der Waals surface area contributed by atoms with E-state index >= 15 is 0 Å². The molecule has 112 valence electrons. The number of halogens is 2. The first-order valence-corrected chi connectivity index (χ1v) is 6.85. The van der Waals surface area contributed by atoms with Crippen molar-refractivity contribution in [2.75, 3.05) is 0 Å². The summed E-state index contributed by atoms with van der Waals surface area (Å²) >= 11 is 0. The number of benzene rings is 2. The molecule has 0 spiro atoms. The summed E-state index contributed by atoms with van der Waals surface area (Å²) in [4.78, 5) is 0. The fourth-order valence-corrected chi connectivity index (χ4v) is 2.11. The van der Waals surface area contributed by atoms with Gasteiger partial charge in [-0.1, -0.05) is 18.2 Å². The van der Waals surface area contributed by atoms with Crippen LogP contribution in [0.4, 0.5) is 8.78 Å². The van der Waals surface area contributed by atoms with Crippen molar-refractivity contribution >= 4 is 0 Å². The Kier molecular flexibility index (Phi) is 4.91. The first-order valence-electron chi connectivity index (χ1n) is 6.85. The molecule has 0 heterocycles. The van der Waals surface area contributed by atoms with Crippen molar-refractivity contribution in [1.82, 2.24) is 0 Å². The van der Waals surface area contributed by atoms with Gasteiger partial charge in [0.15, 0.2) is 0 Å². The van der Waals surface area contributed by atoms with Crippen molar-refractivity contribution in [3.63, 3.8) is 0 Å². The molecule has 1 unspecified atom stereocenters. The maximum Gasteiger partial charge on any atom is 0.129 e. The van der Waals surface area contributed by atoms with Gasteiger partial charge in [-0.15, -0.1) is 0 Å². The summed E-state index contributed by atoms with van der Waals surface area (Å²) in [5.74, 6) is -0.678. The van der Waals surface area contributed by atoms with Crippen LogP contribution in [0.2, 0.25) is 0 Å². The Balaban J connectivity index is 2.18. The lowest BCUT2D eigenvalue weighted by Crippen LogP contribution is -2.08. The number of hydrogen-bond donors (Lipinski definition) is 1. The molecule has 4 heteroatoms. The SMILES string of the molecule is CC(C)Oc1cccc(C(O)Cc2c(F)cccc2F)c1. The van der Waals surface area contributed by atoms with E-state index in [9.17, 15) is 13.9 Å². The van der Waals surface area contributed by atoms with Gasteiger partial charge in [-0.25, -0.2) is 8.78 Å². The van der Waals surface area contributed by atoms with E-state index in [2.05, 4.69) is 0 Å². The second-order valence-corrected chi connectivity index (χ2v) is 5.16. The standard InChI is InChI=1S/C17H18F2O2/c1-11(2)21-13-6-3-5-12(9-13)17(20)10-14-15(18)7-4-8-16(14)19/h3-9,11,17,20H,10H2,1-2H3. The summed E-state index contributed by atoms with van der Waals surface area (Å²) < 4.78 is 32.7. The Morgan fingerprint density at radius 1 is 1.05 bits per heavy atom. The van der Waals surface area contributed by atoms with Gasteiger partial charge >= 0.3 is 0 Å². The predicted molar refractivity (Wildman–Crippen MR) is 77.2 cm³/mol. The lowest BCUT2D eigenvalue weighted by Gasteiger charge is -2.15. The van der Waals surface area contributed by atoms with E-state index < -0.39 is 17.7 Å². The van der Waals surface area contributed by atoms with Gasteiger partial charge < -0.3 is 9.84 Å². The molecule has 0 saturated heterocycles. The number of aliphatic hydroxyl groups excluding tert-OH is 1. The minimum atomic E-state index is -0.993. The molecule has 0 aliphatic carbocycles. The van der Waals surface area contributed by atoms with E-state index in [-0.39, 0.29) is 18.1 Å². The molecule has 1 atom stereocenters. The van der Waals surface area contributed by atoms with Gasteiger partial charge in [-0.3, -0.25) is 0 Å². The Morgan fingerprint density at radius 3 is 2.29 bits per heavy atom. The van der Waals surface area contributed by atoms with Crippen molar-refractivity contribution in [2.24, 2.45) is 0 Å². The highest BCUT2D eigenvalue weighted by Gasteiger charge is 2.16. The molecule has 0 aromatic heterocycles. The quantitative estimate of drug-likeness (QED) is 0.901. The van der Waals surface area contributed by atoms with Crippen LogP contribution in [0.15, 0.2) is 42.5 Å². The lowest BCUT2D eigenvalue weighted by molar-refractivity contribution is 0.174. The number of rotatable bonds is 5. The first kappa shape index (κ1) is 15.4. The molecule has 1 N–H and O–H groups in total. The number of aliphatic hydroxyl groups is 1. The molecule has 21 heavy (non-hydrogen) atoms. The van der Waals surface area contributed by atoms with Gasteiger partial charge in [-0.05, 0) is 43.7 Å². The van der Waals surface area contributed by atoms with Gasteiger partial charge in [0.05, 0.1) is 12.2 Å². The van der Waals surface area contributed by atoms with Crippen molar-refractivity contribution in [3.8, 4) is 5.75 Å². The Morgan fingerprint density at radius 2 is 1.67 bits per heavy atom. The molecule has 2 aromatic rings. The van der Waals surface area contributed by atoms with Crippen LogP contribution in [0.5, 0.6) is 5.75 Å². The average molecular weight is 292 g/mol. The summed E-state index contributed by atoms with van der Waals surface area (Å²) in [7, 11) is 0. The minimum Gasteiger partial charge on any atom is -0.491 e. The second-order valence-electron chi connectivity index (χ2n) is 5.16. The fourth-order valence-electron chi connectivity index (χ4n) is 2.11. The largest absolute Gasteiger partial charge is 0.491 e. The maximum absolute atomic E-state index is 13.6. The van der Waals surface area contributed by atoms with E-state index in [0.29, 0.717) is 11.3 Å². The van der Waals surface area contributed by atoms with Crippen molar-refractivity contribution in [2.45, 2.75) is 32.5 Å². The summed E-state index contributed by atoms with van der Waals surface area (Å²) in [5, 5.41) is 10.2. The Labute approximate surface area is 123 Å². The summed E-state index contributed by atoms with van der Waals surface area (Å²) in [6.07, 6.45) is -1.10. The zero-order valence-corrected chi connectivity index (χ0v) is 12.0. The molecule has 0 aliphatic rings. The van der Waals surface area contributed by atoms with Gasteiger partial charge in [0.25, 0.3) is 0 Å². The number of hydrogen-bond acceptors (Lipinski definition) is 2. The van der Waals surface area contributed by atoms with E-state index in [1.165, 1.54) is 18.2 Å². The smallest absolute Gasteiger partial charge is 0.129 e. The highest BCUT2D eigenvalue weighted by atomic mass is 19.1. The molecular formula is C17H18F2O2. The maximum atomic E-state index is 13.6. The zero-order chi connectivity index (χ0) is 15.4. The molecule has 2 aromatic carbocycles. The van der Waals surface area contributed by atoms with Crippen LogP contribution >= 0.6 is 0 Å². The van der Waals surface area contributed by atoms with Crippen LogP contribution in [-0.4, -0.2) is 11.2 Å². The summed E-state index contributed by atoms with van der Waals surface area (Å²) in [5.41, 5.74) is 0.455. The highest BCUT2D eigenvalue weighted by molar-refractivity contribution is 5.31. The second kappa shape index (κ2) is 6.68. The molecule has 2 nitrogen and oxygen atoms in total. The normalized spacial score (nSPS) is 12.5. The molecule has 2 rings (SSSR count). The van der Waals surface area contributed by atoms with Crippen LogP contribution in [-0.2, 0) is 6.42 Å². The summed E-state index contributed by atoms with van der Waals surface area (Å²) in [6.45, 7) is 3.80. The molecule has 0 fully saturated rings. The molecular weight excluding hydrogens is 274 g/mol. The molecule has 0 saturated carbocycles. The van der Waals surface area contributed by atoms with Gasteiger partial charge in [-0.2, -0.15) is 0 Å². The lowest BCUT2D eigenvalue weighted by atomic mass is 10.0. The zero-order valence-electron chi connectivity index (χ0n) is 12.0. The predicted octanol–water partition coefficient (Wildman–Crippen LogP) is 4.03. The molecule has 0 amide bonds. The van der Waals surface area contributed by atoms with E-state index in [1.54, 1.807) is 24.3 Å². The third-order valence-electron chi connectivity index (χ3n) is 3.07. The third kappa shape index (κ3) is 4.02. The average Bonchev–Trinajstić information content (AvgIpc) is 2.42. The van der Waals surface area contributed by atoms with Crippen LogP contribution in [0.25, 0.3) is 0 Å². The van der Waals surface area contributed by atoms with Gasteiger partial charge in [0.2, 0.25) is 0 Å². The fraction of sp³-hybridized carbons (Fsp3) is 0.294. The van der Waals surface area contributed by atoms with E-state index in [4.69, 9.17) is 4.74 Å². The van der Waals surface area contributed by atoms with Gasteiger partial charge in [0.1, 0.15) is 17.4 Å². The molecule has 0 aliphatic heterocycles. The van der Waals surface area contributed by atoms with Crippen LogP contribution in [0.1, 0.15) is 31.1 Å². The van der Waals surface area contributed by atoms with Crippen molar-refractivity contribution < 1.29 is 18.6 Å². The minimum absolute atomic E-state index is 0.0152. The van der Waals surface area contributed by atoms with E-state index in [0.717, 1.165) is 0 Å². The highest BCUT2D eigenvalue weighted by Crippen LogP contribution is 2.25. The molecule has 0 radical (unpaired) electrons. The van der Waals surface area contributed by atoms with Crippen molar-refractivity contribution in [1.29, 1.82) is 0 Å². The van der Waals surface area contributed by atoms with E-state index in [1.807, 2.05) is 13.8 Å². The number of ether oxygens (including phenoxy) is 1.